The summed E-state index contributed by atoms with van der Waals surface area (Å²) in [4.78, 5) is 2.54. The van der Waals surface area contributed by atoms with Crippen LogP contribution in [0.2, 0.25) is 0 Å². The summed E-state index contributed by atoms with van der Waals surface area (Å²) in [6.45, 7) is 9.80. The predicted octanol–water partition coefficient (Wildman–Crippen LogP) is 2.95. The molecular weight excluding hydrogens is 284 g/mol. The molecule has 0 bridgehead atoms. The summed E-state index contributed by atoms with van der Waals surface area (Å²) in [5.41, 5.74) is 11.6. The number of likely N-dealkylation sites (tertiary alicyclic amines) is 1. The van der Waals surface area contributed by atoms with Crippen molar-refractivity contribution in [3.8, 4) is 11.1 Å². The lowest BCUT2D eigenvalue weighted by molar-refractivity contribution is 0.0900. The number of piperidine rings is 1. The molecule has 1 aliphatic rings. The molecule has 1 aromatic heterocycles. The van der Waals surface area contributed by atoms with Crippen molar-refractivity contribution in [3.63, 3.8) is 0 Å². The highest BCUT2D eigenvalue weighted by atomic mass is 15.2. The predicted molar refractivity (Wildman–Crippen MR) is 95.0 cm³/mol. The quantitative estimate of drug-likeness (QED) is 0.948. The fourth-order valence-corrected chi connectivity index (χ4v) is 3.52. The second-order valence-electron chi connectivity index (χ2n) is 7.66. The molecule has 1 fully saturated rings. The minimum absolute atomic E-state index is 0.178. The van der Waals surface area contributed by atoms with Crippen LogP contribution in [-0.4, -0.2) is 33.8 Å². The third-order valence-corrected chi connectivity index (χ3v) is 5.07. The number of aromatic nitrogens is 2. The van der Waals surface area contributed by atoms with Gasteiger partial charge in [0.25, 0.3) is 0 Å². The number of benzene rings is 1. The molecule has 0 amide bonds. The highest BCUT2D eigenvalue weighted by Gasteiger charge is 2.33. The molecule has 124 valence electrons. The van der Waals surface area contributed by atoms with Crippen molar-refractivity contribution >= 4 is 0 Å². The summed E-state index contributed by atoms with van der Waals surface area (Å²) in [5.74, 6) is 0. The average Bonchev–Trinajstić information content (AvgIpc) is 2.91. The molecule has 0 spiro atoms. The lowest BCUT2D eigenvalue weighted by Gasteiger charge is -2.42. The summed E-state index contributed by atoms with van der Waals surface area (Å²) in [6, 6.07) is 7.04. The monoisotopic (exact) mass is 312 g/mol. The van der Waals surface area contributed by atoms with Crippen LogP contribution in [0.15, 0.2) is 30.6 Å². The molecule has 4 heteroatoms. The zero-order chi connectivity index (χ0) is 16.6. The summed E-state index contributed by atoms with van der Waals surface area (Å²) in [5, 5.41) is 4.33. The minimum Gasteiger partial charge on any atom is -0.327 e. The molecule has 23 heavy (non-hydrogen) atoms. The number of nitrogens with two attached hydrogens (primary N) is 1. The molecule has 2 N–H and O–H groups in total. The highest BCUT2D eigenvalue weighted by Crippen LogP contribution is 2.31. The lowest BCUT2D eigenvalue weighted by atomic mass is 9.79. The Balaban J connectivity index is 1.86. The summed E-state index contributed by atoms with van der Waals surface area (Å²) in [6.07, 6.45) is 5.11. The molecule has 0 aliphatic carbocycles. The van der Waals surface area contributed by atoms with Crippen molar-refractivity contribution in [3.05, 3.63) is 41.7 Å². The summed E-state index contributed by atoms with van der Waals surface area (Å²) >= 11 is 0. The van der Waals surface area contributed by atoms with E-state index in [1.807, 2.05) is 17.9 Å². The number of aryl methyl sites for hydroxylation is 2. The second-order valence-corrected chi connectivity index (χ2v) is 7.66. The van der Waals surface area contributed by atoms with Gasteiger partial charge in [0.15, 0.2) is 0 Å². The van der Waals surface area contributed by atoms with Crippen molar-refractivity contribution < 1.29 is 0 Å². The van der Waals surface area contributed by atoms with Crippen LogP contribution in [0.1, 0.15) is 31.4 Å². The van der Waals surface area contributed by atoms with Gasteiger partial charge in [0.2, 0.25) is 0 Å². The summed E-state index contributed by atoms with van der Waals surface area (Å²) < 4.78 is 1.87. The van der Waals surface area contributed by atoms with E-state index in [-0.39, 0.29) is 5.41 Å². The molecular formula is C19H28N4. The first-order valence-electron chi connectivity index (χ1n) is 8.42. The van der Waals surface area contributed by atoms with Crippen LogP contribution in [0.5, 0.6) is 0 Å². The first-order chi connectivity index (χ1) is 10.8. The zero-order valence-corrected chi connectivity index (χ0v) is 14.7. The van der Waals surface area contributed by atoms with E-state index >= 15 is 0 Å². The smallest absolute Gasteiger partial charge is 0.0568 e. The van der Waals surface area contributed by atoms with Crippen LogP contribution >= 0.6 is 0 Å². The third-order valence-electron chi connectivity index (χ3n) is 5.07. The average molecular weight is 312 g/mol. The van der Waals surface area contributed by atoms with Crippen molar-refractivity contribution in [2.45, 2.75) is 39.8 Å². The Morgan fingerprint density at radius 3 is 2.78 bits per heavy atom. The highest BCUT2D eigenvalue weighted by molar-refractivity contribution is 5.66. The van der Waals surface area contributed by atoms with E-state index in [9.17, 15) is 0 Å². The summed E-state index contributed by atoms with van der Waals surface area (Å²) in [7, 11) is 1.97. The molecule has 1 atom stereocenters. The van der Waals surface area contributed by atoms with Gasteiger partial charge >= 0.3 is 0 Å². The topological polar surface area (TPSA) is 47.1 Å². The van der Waals surface area contributed by atoms with Gasteiger partial charge in [-0.1, -0.05) is 37.6 Å². The molecule has 1 aliphatic heterocycles. The van der Waals surface area contributed by atoms with Gasteiger partial charge < -0.3 is 5.73 Å². The molecule has 1 aromatic carbocycles. The van der Waals surface area contributed by atoms with Gasteiger partial charge in [0, 0.05) is 44.5 Å². The maximum absolute atomic E-state index is 6.27. The van der Waals surface area contributed by atoms with Crippen molar-refractivity contribution in [1.29, 1.82) is 0 Å². The van der Waals surface area contributed by atoms with Gasteiger partial charge in [-0.3, -0.25) is 9.58 Å². The van der Waals surface area contributed by atoms with E-state index in [0.717, 1.165) is 26.1 Å². The fourth-order valence-electron chi connectivity index (χ4n) is 3.52. The van der Waals surface area contributed by atoms with Gasteiger partial charge in [-0.25, -0.2) is 0 Å². The minimum atomic E-state index is 0.178. The Bertz CT molecular complexity index is 686. The van der Waals surface area contributed by atoms with E-state index < -0.39 is 0 Å². The normalized spacial score (nSPS) is 21.5. The first kappa shape index (κ1) is 16.2. The standard InChI is InChI=1S/C19H28N4/c1-14-5-6-15(17(9-14)16-10-21-22(4)11-16)12-23-8-7-18(20)19(2,3)13-23/h5-6,9-11,18H,7-8,12-13,20H2,1-4H3. The van der Waals surface area contributed by atoms with Crippen LogP contribution < -0.4 is 5.73 Å². The van der Waals surface area contributed by atoms with Crippen LogP contribution in [0.25, 0.3) is 11.1 Å². The fraction of sp³-hybridized carbons (Fsp3) is 0.526. The maximum atomic E-state index is 6.27. The van der Waals surface area contributed by atoms with Crippen molar-refractivity contribution in [2.24, 2.45) is 18.2 Å². The van der Waals surface area contributed by atoms with Gasteiger partial charge in [0.05, 0.1) is 6.20 Å². The van der Waals surface area contributed by atoms with Crippen LogP contribution in [0.4, 0.5) is 0 Å². The molecule has 1 saturated heterocycles. The zero-order valence-electron chi connectivity index (χ0n) is 14.7. The van der Waals surface area contributed by atoms with E-state index in [2.05, 4.69) is 55.2 Å². The Morgan fingerprint density at radius 1 is 1.35 bits per heavy atom. The molecule has 2 aromatic rings. The van der Waals surface area contributed by atoms with Crippen LogP contribution in [0, 0.1) is 12.3 Å². The van der Waals surface area contributed by atoms with E-state index in [4.69, 9.17) is 5.73 Å². The second kappa shape index (κ2) is 6.10. The number of hydrogen-bond acceptors (Lipinski definition) is 3. The molecule has 1 unspecified atom stereocenters. The molecule has 0 radical (unpaired) electrons. The van der Waals surface area contributed by atoms with Crippen molar-refractivity contribution in [2.75, 3.05) is 13.1 Å². The molecule has 0 saturated carbocycles. The van der Waals surface area contributed by atoms with E-state index in [1.54, 1.807) is 0 Å². The Kier molecular flexibility index (Phi) is 4.30. The third kappa shape index (κ3) is 3.48. The van der Waals surface area contributed by atoms with E-state index in [0.29, 0.717) is 6.04 Å². The largest absolute Gasteiger partial charge is 0.327 e. The Labute approximate surface area is 139 Å². The molecule has 4 nitrogen and oxygen atoms in total. The van der Waals surface area contributed by atoms with Gasteiger partial charge in [0.1, 0.15) is 0 Å². The van der Waals surface area contributed by atoms with E-state index in [1.165, 1.54) is 22.3 Å². The maximum Gasteiger partial charge on any atom is 0.0568 e. The first-order valence-corrected chi connectivity index (χ1v) is 8.42. The van der Waals surface area contributed by atoms with Crippen molar-refractivity contribution in [1.82, 2.24) is 14.7 Å². The Morgan fingerprint density at radius 2 is 2.13 bits per heavy atom. The lowest BCUT2D eigenvalue weighted by Crippen LogP contribution is -2.52. The van der Waals surface area contributed by atoms with Gasteiger partial charge in [-0.05, 0) is 29.9 Å². The molecule has 2 heterocycles. The van der Waals surface area contributed by atoms with Gasteiger partial charge in [-0.15, -0.1) is 0 Å². The van der Waals surface area contributed by atoms with Crippen LogP contribution in [-0.2, 0) is 13.6 Å². The SMILES string of the molecule is Cc1ccc(CN2CCC(N)C(C)(C)C2)c(-c2cnn(C)c2)c1. The Hall–Kier alpha value is -1.65. The number of nitrogens with zero attached hydrogens (tertiary/aromatic N) is 3. The van der Waals surface area contributed by atoms with Crippen LogP contribution in [0.3, 0.4) is 0 Å². The van der Waals surface area contributed by atoms with Gasteiger partial charge in [-0.2, -0.15) is 5.10 Å². The number of rotatable bonds is 3. The number of hydrogen-bond donors (Lipinski definition) is 1. The molecule has 3 rings (SSSR count).